The number of nitrogens with one attached hydrogen (secondary N) is 1. The number of esters is 1. The summed E-state index contributed by atoms with van der Waals surface area (Å²) >= 11 is 0. The minimum atomic E-state index is -3.48. The van der Waals surface area contributed by atoms with Crippen molar-refractivity contribution < 1.29 is 22.1 Å². The van der Waals surface area contributed by atoms with Gasteiger partial charge in [-0.25, -0.2) is 4.79 Å². The first-order valence-corrected chi connectivity index (χ1v) is 6.69. The van der Waals surface area contributed by atoms with Crippen LogP contribution in [0, 0.1) is 0 Å². The Morgan fingerprint density at radius 1 is 1.47 bits per heavy atom. The zero-order valence-corrected chi connectivity index (χ0v) is 10.5. The number of aryl methyl sites for hydroxylation is 1. The first kappa shape index (κ1) is 13.7. The fourth-order valence-corrected chi connectivity index (χ4v) is 2.26. The van der Waals surface area contributed by atoms with Crippen molar-refractivity contribution in [1.29, 1.82) is 0 Å². The summed E-state index contributed by atoms with van der Waals surface area (Å²) in [5.41, 5.74) is 1.02. The van der Waals surface area contributed by atoms with Gasteiger partial charge >= 0.3 is 5.97 Å². The van der Waals surface area contributed by atoms with Crippen molar-refractivity contribution in [3.63, 3.8) is 0 Å². The Bertz CT molecular complexity index is 477. The van der Waals surface area contributed by atoms with E-state index in [1.165, 1.54) is 7.11 Å². The lowest BCUT2D eigenvalue weighted by Gasteiger charge is -2.01. The van der Waals surface area contributed by atoms with Crippen molar-refractivity contribution in [1.82, 2.24) is 4.98 Å². The molecule has 17 heavy (non-hydrogen) atoms. The van der Waals surface area contributed by atoms with E-state index in [0.717, 1.165) is 0 Å². The maximum Gasteiger partial charge on any atom is 0.354 e. The maximum absolute atomic E-state index is 11.3. The Labute approximate surface area is 100 Å². The van der Waals surface area contributed by atoms with Crippen molar-refractivity contribution in [2.75, 3.05) is 19.5 Å². The van der Waals surface area contributed by atoms with Crippen molar-refractivity contribution in [3.05, 3.63) is 23.5 Å². The summed E-state index contributed by atoms with van der Waals surface area (Å²) in [6.07, 6.45) is 1.86. The molecule has 0 aliphatic rings. The first-order valence-electron chi connectivity index (χ1n) is 5.11. The van der Waals surface area contributed by atoms with Gasteiger partial charge in [0.05, 0.1) is 19.5 Å². The second kappa shape index (κ2) is 5.83. The van der Waals surface area contributed by atoms with Crippen LogP contribution >= 0.6 is 0 Å². The van der Waals surface area contributed by atoms with Crippen molar-refractivity contribution in [2.45, 2.75) is 13.3 Å². The van der Waals surface area contributed by atoms with Gasteiger partial charge in [0.25, 0.3) is 10.1 Å². The molecule has 1 aromatic rings. The lowest BCUT2D eigenvalue weighted by atomic mass is 10.2. The fraction of sp³-hybridized carbons (Fsp3) is 0.500. The Morgan fingerprint density at radius 3 is 2.76 bits per heavy atom. The molecule has 1 N–H and O–H groups in total. The average molecular weight is 261 g/mol. The highest BCUT2D eigenvalue weighted by molar-refractivity contribution is 7.86. The molecule has 0 radical (unpaired) electrons. The molecule has 1 rings (SSSR count). The molecule has 7 heteroatoms. The Balaban J connectivity index is 2.59. The zero-order valence-electron chi connectivity index (χ0n) is 9.73. The normalized spacial score (nSPS) is 11.4. The van der Waals surface area contributed by atoms with Crippen LogP contribution < -0.4 is 0 Å². The van der Waals surface area contributed by atoms with Crippen LogP contribution in [0.25, 0.3) is 0 Å². The molecule has 0 atom stereocenters. The number of ether oxygens (including phenoxy) is 1. The fourth-order valence-electron chi connectivity index (χ4n) is 1.29. The Kier molecular flexibility index (Phi) is 4.71. The highest BCUT2D eigenvalue weighted by atomic mass is 32.2. The van der Waals surface area contributed by atoms with Crippen LogP contribution in [0.5, 0.6) is 0 Å². The molecular weight excluding hydrogens is 246 g/mol. The number of hydrogen-bond donors (Lipinski definition) is 1. The van der Waals surface area contributed by atoms with Gasteiger partial charge < -0.3 is 9.72 Å². The number of hydrogen-bond acceptors (Lipinski definition) is 5. The molecule has 0 saturated heterocycles. The maximum atomic E-state index is 11.3. The average Bonchev–Trinajstić information content (AvgIpc) is 2.74. The van der Waals surface area contributed by atoms with Crippen LogP contribution in [0.1, 0.15) is 23.0 Å². The van der Waals surface area contributed by atoms with Crippen molar-refractivity contribution >= 4 is 16.1 Å². The van der Waals surface area contributed by atoms with Crippen molar-refractivity contribution in [3.8, 4) is 0 Å². The molecule has 0 spiro atoms. The molecule has 0 bridgehead atoms. The smallest absolute Gasteiger partial charge is 0.354 e. The summed E-state index contributed by atoms with van der Waals surface area (Å²) in [5, 5.41) is 0. The van der Waals surface area contributed by atoms with Crippen molar-refractivity contribution in [2.24, 2.45) is 0 Å². The zero-order chi connectivity index (χ0) is 12.9. The lowest BCUT2D eigenvalue weighted by Crippen LogP contribution is -2.12. The number of methoxy groups -OCH3 is 1. The molecule has 0 fully saturated rings. The number of aromatic amines is 1. The Morgan fingerprint density at radius 2 is 2.18 bits per heavy atom. The predicted molar refractivity (Wildman–Crippen MR) is 61.2 cm³/mol. The van der Waals surface area contributed by atoms with Gasteiger partial charge in [0.15, 0.2) is 0 Å². The lowest BCUT2D eigenvalue weighted by molar-refractivity contribution is 0.0595. The largest absolute Gasteiger partial charge is 0.464 e. The van der Waals surface area contributed by atoms with Crippen LogP contribution in [0.4, 0.5) is 0 Å². The van der Waals surface area contributed by atoms with E-state index in [9.17, 15) is 13.2 Å². The molecule has 6 nitrogen and oxygen atoms in total. The molecule has 0 aromatic carbocycles. The van der Waals surface area contributed by atoms with Gasteiger partial charge in [-0.05, 0) is 25.0 Å². The molecule has 0 saturated carbocycles. The number of carbonyl (C=O) groups excluding carboxylic acids is 1. The van der Waals surface area contributed by atoms with Gasteiger partial charge in [0.2, 0.25) is 0 Å². The second-order valence-electron chi connectivity index (χ2n) is 3.33. The van der Waals surface area contributed by atoms with E-state index in [1.54, 1.807) is 19.2 Å². The van der Waals surface area contributed by atoms with Gasteiger partial charge in [0, 0.05) is 6.20 Å². The molecular formula is C10H15NO5S. The minimum absolute atomic E-state index is 0.112. The third-order valence-corrected chi connectivity index (χ3v) is 3.39. The molecule has 0 unspecified atom stereocenters. The highest BCUT2D eigenvalue weighted by Gasteiger charge is 2.13. The van der Waals surface area contributed by atoms with Crippen LogP contribution in [0.2, 0.25) is 0 Å². The standard InChI is InChI=1S/C10H15NO5S/c1-3-16-17(13,14)5-4-8-6-9(11-7-8)10(12)15-2/h6-7,11H,3-5H2,1-2H3. The molecule has 0 aliphatic carbocycles. The van der Waals surface area contributed by atoms with E-state index in [4.69, 9.17) is 0 Å². The molecule has 1 heterocycles. The van der Waals surface area contributed by atoms with Crippen LogP contribution in [0.15, 0.2) is 12.3 Å². The highest BCUT2D eigenvalue weighted by Crippen LogP contribution is 2.07. The number of aromatic nitrogens is 1. The van der Waals surface area contributed by atoms with E-state index < -0.39 is 16.1 Å². The third-order valence-electron chi connectivity index (χ3n) is 2.09. The van der Waals surface area contributed by atoms with Gasteiger partial charge in [-0.1, -0.05) is 0 Å². The second-order valence-corrected chi connectivity index (χ2v) is 5.09. The topological polar surface area (TPSA) is 85.5 Å². The Hall–Kier alpha value is -1.34. The number of H-pyrrole nitrogens is 1. The van der Waals surface area contributed by atoms with Gasteiger partial charge in [-0.3, -0.25) is 4.18 Å². The number of rotatable bonds is 6. The molecule has 0 aliphatic heterocycles. The van der Waals surface area contributed by atoms with E-state index in [0.29, 0.717) is 11.3 Å². The van der Waals surface area contributed by atoms with Crippen LogP contribution in [-0.4, -0.2) is 38.8 Å². The molecule has 96 valence electrons. The summed E-state index contributed by atoms with van der Waals surface area (Å²) < 4.78 is 31.7. The van der Waals surface area contributed by atoms with E-state index in [2.05, 4.69) is 13.9 Å². The van der Waals surface area contributed by atoms with Gasteiger partial charge in [0.1, 0.15) is 5.69 Å². The summed E-state index contributed by atoms with van der Waals surface area (Å²) in [4.78, 5) is 13.8. The van der Waals surface area contributed by atoms with E-state index in [-0.39, 0.29) is 18.8 Å². The number of carbonyl (C=O) groups is 1. The molecule has 1 aromatic heterocycles. The minimum Gasteiger partial charge on any atom is -0.464 e. The van der Waals surface area contributed by atoms with Crippen LogP contribution in [-0.2, 0) is 25.5 Å². The summed E-state index contributed by atoms with van der Waals surface area (Å²) in [5.74, 6) is -0.594. The third kappa shape index (κ3) is 4.20. The molecule has 0 amide bonds. The van der Waals surface area contributed by atoms with Crippen LogP contribution in [0.3, 0.4) is 0 Å². The van der Waals surface area contributed by atoms with E-state index in [1.807, 2.05) is 0 Å². The monoisotopic (exact) mass is 261 g/mol. The summed E-state index contributed by atoms with van der Waals surface area (Å²) in [6.45, 7) is 1.74. The SMILES string of the molecule is CCOS(=O)(=O)CCc1c[nH]c(C(=O)OC)c1. The summed E-state index contributed by atoms with van der Waals surface area (Å²) in [7, 11) is -2.20. The van der Waals surface area contributed by atoms with E-state index >= 15 is 0 Å². The van der Waals surface area contributed by atoms with Gasteiger partial charge in [-0.15, -0.1) is 0 Å². The quantitative estimate of drug-likeness (QED) is 0.602. The predicted octanol–water partition coefficient (Wildman–Crippen LogP) is 0.710. The first-order chi connectivity index (χ1) is 7.98. The summed E-state index contributed by atoms with van der Waals surface area (Å²) in [6, 6.07) is 1.56. The van der Waals surface area contributed by atoms with Gasteiger partial charge in [-0.2, -0.15) is 8.42 Å².